The van der Waals surface area contributed by atoms with Crippen LogP contribution >= 0.6 is 0 Å². The van der Waals surface area contributed by atoms with Crippen LogP contribution in [0.1, 0.15) is 25.5 Å². The lowest BCUT2D eigenvalue weighted by molar-refractivity contribution is -0.0298. The fraction of sp³-hybridized carbons (Fsp3) is 0.545. The number of ether oxygens (including phenoxy) is 1. The third-order valence-corrected chi connectivity index (χ3v) is 3.06. The minimum Gasteiger partial charge on any atom is -0.371 e. The van der Waals surface area contributed by atoms with Gasteiger partial charge in [0.25, 0.3) is 0 Å². The maximum atomic E-state index is 5.75. The van der Waals surface area contributed by atoms with Crippen LogP contribution in [-0.2, 0) is 4.74 Å². The second-order valence-corrected chi connectivity index (χ2v) is 4.12. The van der Waals surface area contributed by atoms with Crippen molar-refractivity contribution in [2.45, 2.75) is 25.5 Å². The van der Waals surface area contributed by atoms with Crippen LogP contribution in [0.25, 0.3) is 11.2 Å². The third kappa shape index (κ3) is 1.74. The maximum Gasteiger partial charge on any atom is 0.167 e. The summed E-state index contributed by atoms with van der Waals surface area (Å²) < 4.78 is 7.74. The van der Waals surface area contributed by atoms with Crippen molar-refractivity contribution in [3.63, 3.8) is 0 Å². The highest BCUT2D eigenvalue weighted by Gasteiger charge is 2.19. The summed E-state index contributed by atoms with van der Waals surface area (Å²) in [6.07, 6.45) is 6.75. The molecule has 1 unspecified atom stereocenters. The molecule has 2 aromatic rings. The van der Waals surface area contributed by atoms with Gasteiger partial charge in [-0.05, 0) is 19.3 Å². The van der Waals surface area contributed by atoms with Gasteiger partial charge in [-0.1, -0.05) is 0 Å². The highest BCUT2D eigenvalue weighted by Crippen LogP contribution is 2.26. The minimum absolute atomic E-state index is 0.0633. The quantitative estimate of drug-likeness (QED) is 0.852. The van der Waals surface area contributed by atoms with Crippen molar-refractivity contribution in [1.29, 1.82) is 0 Å². The molecule has 1 aliphatic heterocycles. The highest BCUT2D eigenvalue weighted by molar-refractivity contribution is 5.82. The number of fused-ring (bicyclic) bond motifs is 1. The van der Waals surface area contributed by atoms with E-state index in [1.165, 1.54) is 6.42 Å². The van der Waals surface area contributed by atoms with Crippen LogP contribution in [0.3, 0.4) is 0 Å². The van der Waals surface area contributed by atoms with Crippen molar-refractivity contribution in [2.24, 2.45) is 0 Å². The molecule has 3 rings (SSSR count). The molecule has 90 valence electrons. The lowest BCUT2D eigenvalue weighted by atomic mass is 10.2. The molecule has 0 aromatic carbocycles. The molecular formula is C11H15N5O. The molecule has 17 heavy (non-hydrogen) atoms. The molecule has 0 radical (unpaired) electrons. The molecule has 1 atom stereocenters. The van der Waals surface area contributed by atoms with Gasteiger partial charge in [0.2, 0.25) is 0 Å². The first-order chi connectivity index (χ1) is 8.40. The number of nitrogens with zero attached hydrogens (tertiary/aromatic N) is 4. The van der Waals surface area contributed by atoms with Gasteiger partial charge in [-0.2, -0.15) is 0 Å². The van der Waals surface area contributed by atoms with E-state index in [0.717, 1.165) is 36.4 Å². The van der Waals surface area contributed by atoms with E-state index in [1.807, 2.05) is 11.6 Å². The smallest absolute Gasteiger partial charge is 0.167 e. The van der Waals surface area contributed by atoms with Gasteiger partial charge in [-0.25, -0.2) is 15.0 Å². The molecule has 0 aliphatic carbocycles. The predicted octanol–water partition coefficient (Wildman–Crippen LogP) is 1.57. The van der Waals surface area contributed by atoms with Crippen LogP contribution in [-0.4, -0.2) is 33.2 Å². The Morgan fingerprint density at radius 3 is 3.06 bits per heavy atom. The number of rotatable bonds is 2. The monoisotopic (exact) mass is 233 g/mol. The van der Waals surface area contributed by atoms with Gasteiger partial charge in [0, 0.05) is 13.7 Å². The summed E-state index contributed by atoms with van der Waals surface area (Å²) in [5, 5.41) is 3.02. The summed E-state index contributed by atoms with van der Waals surface area (Å²) in [7, 11) is 1.83. The molecule has 1 N–H and O–H groups in total. The zero-order chi connectivity index (χ0) is 11.7. The van der Waals surface area contributed by atoms with E-state index in [1.54, 1.807) is 12.7 Å². The zero-order valence-corrected chi connectivity index (χ0v) is 9.76. The van der Waals surface area contributed by atoms with E-state index in [2.05, 4.69) is 20.3 Å². The molecular weight excluding hydrogens is 218 g/mol. The van der Waals surface area contributed by atoms with Crippen LogP contribution < -0.4 is 5.32 Å². The van der Waals surface area contributed by atoms with Gasteiger partial charge in [0.1, 0.15) is 18.1 Å². The second-order valence-electron chi connectivity index (χ2n) is 4.12. The number of hydrogen-bond donors (Lipinski definition) is 1. The molecule has 6 nitrogen and oxygen atoms in total. The lowest BCUT2D eigenvalue weighted by Crippen LogP contribution is -2.17. The molecule has 0 saturated carbocycles. The molecule has 1 fully saturated rings. The Balaban J connectivity index is 2.05. The van der Waals surface area contributed by atoms with Crippen LogP contribution in [0.15, 0.2) is 12.7 Å². The summed E-state index contributed by atoms with van der Waals surface area (Å²) in [6.45, 7) is 0.814. The minimum atomic E-state index is 0.0633. The summed E-state index contributed by atoms with van der Waals surface area (Å²) in [6, 6.07) is 0. The topological polar surface area (TPSA) is 64.9 Å². The Morgan fingerprint density at radius 1 is 1.35 bits per heavy atom. The Bertz CT molecular complexity index is 518. The van der Waals surface area contributed by atoms with E-state index in [0.29, 0.717) is 0 Å². The first kappa shape index (κ1) is 10.5. The third-order valence-electron chi connectivity index (χ3n) is 3.06. The zero-order valence-electron chi connectivity index (χ0n) is 9.76. The summed E-state index contributed by atoms with van der Waals surface area (Å²) >= 11 is 0. The van der Waals surface area contributed by atoms with Crippen molar-refractivity contribution >= 4 is 17.0 Å². The molecule has 0 amide bonds. The van der Waals surface area contributed by atoms with Crippen molar-refractivity contribution < 1.29 is 4.74 Å². The fourth-order valence-electron chi connectivity index (χ4n) is 2.19. The van der Waals surface area contributed by atoms with Crippen molar-refractivity contribution in [3.05, 3.63) is 12.7 Å². The number of anilines is 1. The summed E-state index contributed by atoms with van der Waals surface area (Å²) in [5.41, 5.74) is 1.63. The van der Waals surface area contributed by atoms with Crippen LogP contribution in [0, 0.1) is 0 Å². The van der Waals surface area contributed by atoms with Crippen LogP contribution in [0.4, 0.5) is 5.82 Å². The molecule has 3 heterocycles. The number of aromatic nitrogens is 4. The van der Waals surface area contributed by atoms with Crippen molar-refractivity contribution in [3.8, 4) is 0 Å². The summed E-state index contributed by atoms with van der Waals surface area (Å²) in [5.74, 6) is 0.754. The SMILES string of the molecule is CNc1ncnc2c1ncn2C1CCCCO1. The van der Waals surface area contributed by atoms with Crippen molar-refractivity contribution in [1.82, 2.24) is 19.5 Å². The molecule has 2 aromatic heterocycles. The first-order valence-corrected chi connectivity index (χ1v) is 5.87. The molecule has 1 saturated heterocycles. The largest absolute Gasteiger partial charge is 0.371 e. The molecule has 6 heteroatoms. The number of imidazole rings is 1. The normalized spacial score (nSPS) is 20.6. The van der Waals surface area contributed by atoms with E-state index in [4.69, 9.17) is 4.74 Å². The molecule has 0 spiro atoms. The predicted molar refractivity (Wildman–Crippen MR) is 63.7 cm³/mol. The van der Waals surface area contributed by atoms with Gasteiger partial charge in [0.05, 0.1) is 6.33 Å². The van der Waals surface area contributed by atoms with Gasteiger partial charge in [-0.15, -0.1) is 0 Å². The maximum absolute atomic E-state index is 5.75. The number of hydrogen-bond acceptors (Lipinski definition) is 5. The van der Waals surface area contributed by atoms with Crippen LogP contribution in [0.5, 0.6) is 0 Å². The molecule has 0 bridgehead atoms. The lowest BCUT2D eigenvalue weighted by Gasteiger charge is -2.23. The Hall–Kier alpha value is -1.69. The van der Waals surface area contributed by atoms with E-state index < -0.39 is 0 Å². The van der Waals surface area contributed by atoms with Crippen LogP contribution in [0.2, 0.25) is 0 Å². The van der Waals surface area contributed by atoms with Gasteiger partial charge in [-0.3, -0.25) is 4.57 Å². The number of nitrogens with one attached hydrogen (secondary N) is 1. The Kier molecular flexibility index (Phi) is 2.64. The standard InChI is InChI=1S/C11H15N5O/c1-12-10-9-11(14-6-13-10)16(7-15-9)8-4-2-3-5-17-8/h6-8H,2-5H2,1H3,(H,12,13,14). The second kappa shape index (κ2) is 4.29. The van der Waals surface area contributed by atoms with Gasteiger partial charge < -0.3 is 10.1 Å². The highest BCUT2D eigenvalue weighted by atomic mass is 16.5. The van der Waals surface area contributed by atoms with Gasteiger partial charge in [0.15, 0.2) is 11.5 Å². The fourth-order valence-corrected chi connectivity index (χ4v) is 2.19. The molecule has 1 aliphatic rings. The Labute approximate surface area is 99.0 Å². The first-order valence-electron chi connectivity index (χ1n) is 5.87. The van der Waals surface area contributed by atoms with E-state index >= 15 is 0 Å². The Morgan fingerprint density at radius 2 is 2.29 bits per heavy atom. The average Bonchev–Trinajstić information content (AvgIpc) is 2.83. The average molecular weight is 233 g/mol. The van der Waals surface area contributed by atoms with E-state index in [-0.39, 0.29) is 6.23 Å². The van der Waals surface area contributed by atoms with Gasteiger partial charge >= 0.3 is 0 Å². The van der Waals surface area contributed by atoms with Crippen molar-refractivity contribution in [2.75, 3.05) is 19.0 Å². The van der Waals surface area contributed by atoms with E-state index in [9.17, 15) is 0 Å². The summed E-state index contributed by atoms with van der Waals surface area (Å²) in [4.78, 5) is 12.8.